The first-order valence-corrected chi connectivity index (χ1v) is 9.64. The Labute approximate surface area is 167 Å². The number of benzene rings is 3. The Bertz CT molecular complexity index is 1280. The molecule has 1 amide bonds. The van der Waals surface area contributed by atoms with Gasteiger partial charge in [0.05, 0.1) is 17.3 Å². The van der Waals surface area contributed by atoms with E-state index in [4.69, 9.17) is 4.98 Å². The Morgan fingerprint density at radius 2 is 1.79 bits per heavy atom. The van der Waals surface area contributed by atoms with Gasteiger partial charge >= 0.3 is 0 Å². The third-order valence-corrected chi connectivity index (χ3v) is 5.28. The van der Waals surface area contributed by atoms with Crippen LogP contribution in [-0.4, -0.2) is 22.2 Å². The molecule has 0 bridgehead atoms. The zero-order chi connectivity index (χ0) is 19.8. The van der Waals surface area contributed by atoms with Crippen LogP contribution in [0, 0.1) is 0 Å². The van der Waals surface area contributed by atoms with E-state index in [0.717, 1.165) is 40.2 Å². The van der Waals surface area contributed by atoms with Crippen LogP contribution in [0.4, 0.5) is 0 Å². The first-order chi connectivity index (χ1) is 14.2. The molecule has 1 aliphatic carbocycles. The molecule has 1 aliphatic rings. The van der Waals surface area contributed by atoms with Crippen molar-refractivity contribution in [1.29, 1.82) is 0 Å². The summed E-state index contributed by atoms with van der Waals surface area (Å²) in [6.07, 6.45) is 3.72. The molecule has 5 rings (SSSR count). The molecule has 142 valence electrons. The maximum absolute atomic E-state index is 12.9. The molecule has 0 unspecified atom stereocenters. The summed E-state index contributed by atoms with van der Waals surface area (Å²) in [5.41, 5.74) is 5.53. The van der Waals surface area contributed by atoms with Gasteiger partial charge in [-0.2, -0.15) is 5.10 Å². The Morgan fingerprint density at radius 1 is 1.03 bits per heavy atom. The minimum Gasteiger partial charge on any atom is -0.507 e. The molecule has 5 nitrogen and oxygen atoms in total. The summed E-state index contributed by atoms with van der Waals surface area (Å²) in [4.78, 5) is 17.6. The lowest BCUT2D eigenvalue weighted by molar-refractivity contribution is 0.0956. The fourth-order valence-corrected chi connectivity index (χ4v) is 3.61. The maximum Gasteiger partial charge on any atom is 0.272 e. The van der Waals surface area contributed by atoms with E-state index >= 15 is 0 Å². The number of rotatable bonds is 4. The molecule has 29 heavy (non-hydrogen) atoms. The highest BCUT2D eigenvalue weighted by atomic mass is 16.3. The highest BCUT2D eigenvalue weighted by Gasteiger charge is 2.26. The molecule has 4 aromatic rings. The van der Waals surface area contributed by atoms with Gasteiger partial charge < -0.3 is 5.11 Å². The number of aromatic nitrogens is 1. The average molecular weight is 381 g/mol. The van der Waals surface area contributed by atoms with E-state index in [1.54, 1.807) is 6.07 Å². The van der Waals surface area contributed by atoms with Gasteiger partial charge in [-0.3, -0.25) is 9.78 Å². The van der Waals surface area contributed by atoms with Crippen LogP contribution in [0.3, 0.4) is 0 Å². The van der Waals surface area contributed by atoms with E-state index in [-0.39, 0.29) is 11.7 Å². The lowest BCUT2D eigenvalue weighted by Gasteiger charge is -2.08. The topological polar surface area (TPSA) is 74.6 Å². The van der Waals surface area contributed by atoms with E-state index in [1.165, 1.54) is 6.21 Å². The van der Waals surface area contributed by atoms with Crippen molar-refractivity contribution in [1.82, 2.24) is 10.4 Å². The monoisotopic (exact) mass is 381 g/mol. The van der Waals surface area contributed by atoms with Gasteiger partial charge in [-0.1, -0.05) is 48.5 Å². The highest BCUT2D eigenvalue weighted by Crippen LogP contribution is 2.40. The summed E-state index contributed by atoms with van der Waals surface area (Å²) in [6, 6.07) is 20.7. The van der Waals surface area contributed by atoms with Gasteiger partial charge in [0.25, 0.3) is 5.91 Å². The van der Waals surface area contributed by atoms with E-state index in [9.17, 15) is 9.90 Å². The van der Waals surface area contributed by atoms with Crippen molar-refractivity contribution in [3.8, 4) is 5.75 Å². The molecule has 5 heteroatoms. The third-order valence-electron chi connectivity index (χ3n) is 5.28. The average Bonchev–Trinajstić information content (AvgIpc) is 3.60. The molecule has 0 spiro atoms. The summed E-state index contributed by atoms with van der Waals surface area (Å²) in [5.74, 6) is 0.274. The van der Waals surface area contributed by atoms with E-state index < -0.39 is 0 Å². The smallest absolute Gasteiger partial charge is 0.272 e. The fourth-order valence-electron chi connectivity index (χ4n) is 3.61. The summed E-state index contributed by atoms with van der Waals surface area (Å²) >= 11 is 0. The van der Waals surface area contributed by atoms with Crippen LogP contribution in [0.25, 0.3) is 21.7 Å². The molecule has 0 atom stereocenters. The normalized spacial score (nSPS) is 13.9. The van der Waals surface area contributed by atoms with Gasteiger partial charge in [-0.25, -0.2) is 5.43 Å². The van der Waals surface area contributed by atoms with Crippen molar-refractivity contribution in [2.75, 3.05) is 0 Å². The molecule has 3 aromatic carbocycles. The number of nitrogens with zero attached hydrogens (tertiary/aromatic N) is 2. The number of carbonyl (C=O) groups is 1. The number of phenolic OH excluding ortho intramolecular Hbond substituents is 1. The minimum absolute atomic E-state index is 0.118. The number of phenols is 1. The fraction of sp³-hybridized carbons (Fsp3) is 0.125. The van der Waals surface area contributed by atoms with Crippen molar-refractivity contribution < 1.29 is 9.90 Å². The predicted molar refractivity (Wildman–Crippen MR) is 114 cm³/mol. The van der Waals surface area contributed by atoms with E-state index in [0.29, 0.717) is 17.0 Å². The zero-order valence-corrected chi connectivity index (χ0v) is 15.7. The third kappa shape index (κ3) is 3.31. The summed E-state index contributed by atoms with van der Waals surface area (Å²) in [6.45, 7) is 0. The van der Waals surface area contributed by atoms with Crippen LogP contribution in [0.1, 0.15) is 40.4 Å². The number of fused-ring (bicyclic) bond motifs is 2. The van der Waals surface area contributed by atoms with Crippen molar-refractivity contribution in [2.45, 2.75) is 18.8 Å². The summed E-state index contributed by atoms with van der Waals surface area (Å²) in [5, 5.41) is 17.0. The van der Waals surface area contributed by atoms with E-state index in [1.807, 2.05) is 60.7 Å². The van der Waals surface area contributed by atoms with E-state index in [2.05, 4.69) is 10.5 Å². The first-order valence-electron chi connectivity index (χ1n) is 9.64. The maximum atomic E-state index is 12.9. The largest absolute Gasteiger partial charge is 0.507 e. The van der Waals surface area contributed by atoms with Crippen LogP contribution in [0.15, 0.2) is 71.8 Å². The Balaban J connectivity index is 1.47. The van der Waals surface area contributed by atoms with Crippen LogP contribution in [0.5, 0.6) is 5.75 Å². The zero-order valence-electron chi connectivity index (χ0n) is 15.7. The van der Waals surface area contributed by atoms with Gasteiger partial charge in [0, 0.05) is 22.6 Å². The lowest BCUT2D eigenvalue weighted by Crippen LogP contribution is -2.18. The Kier molecular flexibility index (Phi) is 4.21. The number of para-hydroxylation sites is 1. The number of hydrogen-bond donors (Lipinski definition) is 2. The quantitative estimate of drug-likeness (QED) is 0.396. The number of carbonyl (C=O) groups excluding carboxylic acids is 1. The van der Waals surface area contributed by atoms with Gasteiger partial charge in [-0.15, -0.1) is 0 Å². The highest BCUT2D eigenvalue weighted by molar-refractivity contribution is 6.07. The second-order valence-electron chi connectivity index (χ2n) is 7.30. The van der Waals surface area contributed by atoms with Crippen LogP contribution >= 0.6 is 0 Å². The number of aromatic hydroxyl groups is 1. The van der Waals surface area contributed by atoms with Crippen molar-refractivity contribution in [3.63, 3.8) is 0 Å². The number of amides is 1. The minimum atomic E-state index is -0.290. The molecule has 1 aromatic heterocycles. The molecule has 1 saturated carbocycles. The predicted octanol–water partition coefficient (Wildman–Crippen LogP) is 4.73. The van der Waals surface area contributed by atoms with Gasteiger partial charge in [0.1, 0.15) is 5.75 Å². The van der Waals surface area contributed by atoms with Crippen LogP contribution in [-0.2, 0) is 0 Å². The Morgan fingerprint density at radius 3 is 2.62 bits per heavy atom. The molecule has 0 radical (unpaired) electrons. The molecule has 1 heterocycles. The van der Waals surface area contributed by atoms with Gasteiger partial charge in [0.15, 0.2) is 0 Å². The van der Waals surface area contributed by atoms with Crippen LogP contribution < -0.4 is 5.43 Å². The van der Waals surface area contributed by atoms with Crippen molar-refractivity contribution in [2.24, 2.45) is 5.10 Å². The van der Waals surface area contributed by atoms with Gasteiger partial charge in [-0.05, 0) is 41.8 Å². The lowest BCUT2D eigenvalue weighted by atomic mass is 10.0. The molecule has 0 aliphatic heterocycles. The van der Waals surface area contributed by atoms with Crippen molar-refractivity contribution in [3.05, 3.63) is 83.6 Å². The molecular weight excluding hydrogens is 362 g/mol. The van der Waals surface area contributed by atoms with Crippen LogP contribution in [0.2, 0.25) is 0 Å². The standard InChI is InChI=1S/C24H19N3O2/c28-23-12-11-15-5-1-2-6-17(15)20(23)14-25-27-24(29)19-13-22(16-9-10-16)26-21-8-4-3-7-18(19)21/h1-8,11-14,16,28H,9-10H2,(H,27,29). The first kappa shape index (κ1) is 17.4. The molecular formula is C24H19N3O2. The molecule has 0 saturated heterocycles. The van der Waals surface area contributed by atoms with Gasteiger partial charge in [0.2, 0.25) is 0 Å². The second-order valence-corrected chi connectivity index (χ2v) is 7.30. The van der Waals surface area contributed by atoms with Crippen molar-refractivity contribution >= 4 is 33.8 Å². The Hall–Kier alpha value is -3.73. The molecule has 1 fully saturated rings. The SMILES string of the molecule is O=C(NN=Cc1c(O)ccc2ccccc12)c1cc(C2CC2)nc2ccccc12. The summed E-state index contributed by atoms with van der Waals surface area (Å²) in [7, 11) is 0. The summed E-state index contributed by atoms with van der Waals surface area (Å²) < 4.78 is 0. The number of pyridine rings is 1. The number of nitrogens with one attached hydrogen (secondary N) is 1. The number of hydrogen-bond acceptors (Lipinski definition) is 4. The second kappa shape index (κ2) is 7.02. The number of hydrazone groups is 1. The molecule has 2 N–H and O–H groups in total.